The van der Waals surface area contributed by atoms with Crippen LogP contribution in [0.15, 0.2) is 18.2 Å². The molecule has 12 heavy (non-hydrogen) atoms. The smallest absolute Gasteiger partial charge is 0.0445 e. The summed E-state index contributed by atoms with van der Waals surface area (Å²) in [5, 5.41) is 0.877. The lowest BCUT2D eigenvalue weighted by atomic mass is 9.86. The van der Waals surface area contributed by atoms with Crippen LogP contribution in [-0.2, 0) is 5.41 Å². The summed E-state index contributed by atoms with van der Waals surface area (Å²) in [6.07, 6.45) is 0. The van der Waals surface area contributed by atoms with Crippen molar-refractivity contribution in [3.8, 4) is 0 Å². The molecule has 66 valence electrons. The summed E-state index contributed by atoms with van der Waals surface area (Å²) in [7, 11) is 0. The molecule has 0 amide bonds. The van der Waals surface area contributed by atoms with E-state index in [-0.39, 0.29) is 5.41 Å². The van der Waals surface area contributed by atoms with Crippen molar-refractivity contribution in [2.24, 2.45) is 0 Å². The fourth-order valence-electron chi connectivity index (χ4n) is 1.23. The number of benzene rings is 1. The minimum atomic E-state index is 0.144. The van der Waals surface area contributed by atoms with Crippen LogP contribution in [0.2, 0.25) is 5.02 Å². The van der Waals surface area contributed by atoms with Gasteiger partial charge in [-0.1, -0.05) is 44.5 Å². The van der Waals surface area contributed by atoms with Gasteiger partial charge in [-0.15, -0.1) is 0 Å². The average Bonchev–Trinajstić information content (AvgIpc) is 1.83. The van der Waals surface area contributed by atoms with Gasteiger partial charge in [-0.25, -0.2) is 0 Å². The van der Waals surface area contributed by atoms with Gasteiger partial charge < -0.3 is 0 Å². The maximum Gasteiger partial charge on any atom is 0.0445 e. The summed E-state index contributed by atoms with van der Waals surface area (Å²) in [4.78, 5) is 0. The average molecular weight is 183 g/mol. The molecular formula is C11H15Cl. The highest BCUT2D eigenvalue weighted by atomic mass is 35.5. The van der Waals surface area contributed by atoms with Crippen LogP contribution in [0.3, 0.4) is 0 Å². The quantitative estimate of drug-likeness (QED) is 0.570. The van der Waals surface area contributed by atoms with Crippen LogP contribution in [0.1, 0.15) is 31.9 Å². The Kier molecular flexibility index (Phi) is 2.48. The van der Waals surface area contributed by atoms with Crippen LogP contribution >= 0.6 is 11.6 Å². The lowest BCUT2D eigenvalue weighted by Gasteiger charge is -2.20. The van der Waals surface area contributed by atoms with E-state index in [1.54, 1.807) is 0 Å². The van der Waals surface area contributed by atoms with Crippen molar-refractivity contribution >= 4 is 11.6 Å². The Bertz CT molecular complexity index is 282. The SMILES string of the molecule is Cc1ccc(C(C)(C)C)c(Cl)c1. The summed E-state index contributed by atoms with van der Waals surface area (Å²) in [6.45, 7) is 8.56. The highest BCUT2D eigenvalue weighted by Gasteiger charge is 2.16. The van der Waals surface area contributed by atoms with Crippen molar-refractivity contribution in [1.29, 1.82) is 0 Å². The zero-order valence-corrected chi connectivity index (χ0v) is 8.87. The molecule has 1 aromatic carbocycles. The van der Waals surface area contributed by atoms with Crippen molar-refractivity contribution in [3.05, 3.63) is 34.3 Å². The van der Waals surface area contributed by atoms with E-state index in [4.69, 9.17) is 11.6 Å². The zero-order valence-electron chi connectivity index (χ0n) is 8.11. The van der Waals surface area contributed by atoms with Gasteiger partial charge in [0.1, 0.15) is 0 Å². The zero-order chi connectivity index (χ0) is 9.35. The Morgan fingerprint density at radius 1 is 1.17 bits per heavy atom. The minimum absolute atomic E-state index is 0.144. The van der Waals surface area contributed by atoms with Gasteiger partial charge in [-0.3, -0.25) is 0 Å². The van der Waals surface area contributed by atoms with E-state index in [2.05, 4.69) is 39.8 Å². The first-order chi connectivity index (χ1) is 5.41. The molecule has 0 radical (unpaired) electrons. The maximum absolute atomic E-state index is 6.11. The predicted molar refractivity (Wildman–Crippen MR) is 54.9 cm³/mol. The monoisotopic (exact) mass is 182 g/mol. The van der Waals surface area contributed by atoms with Gasteiger partial charge in [0.25, 0.3) is 0 Å². The second kappa shape index (κ2) is 3.10. The van der Waals surface area contributed by atoms with Gasteiger partial charge in [0.15, 0.2) is 0 Å². The molecule has 0 N–H and O–H groups in total. The van der Waals surface area contributed by atoms with Crippen LogP contribution in [0, 0.1) is 6.92 Å². The van der Waals surface area contributed by atoms with E-state index in [0.29, 0.717) is 0 Å². The molecule has 0 fully saturated rings. The lowest BCUT2D eigenvalue weighted by Crippen LogP contribution is -2.11. The first-order valence-electron chi connectivity index (χ1n) is 4.18. The molecule has 0 spiro atoms. The molecule has 0 aliphatic carbocycles. The molecule has 0 nitrogen and oxygen atoms in total. The number of hydrogen-bond donors (Lipinski definition) is 0. The molecule has 1 aromatic rings. The van der Waals surface area contributed by atoms with E-state index in [0.717, 1.165) is 5.02 Å². The fourth-order valence-corrected chi connectivity index (χ4v) is 1.75. The number of rotatable bonds is 0. The maximum atomic E-state index is 6.11. The fraction of sp³-hybridized carbons (Fsp3) is 0.455. The Labute approximate surface area is 79.6 Å². The second-order valence-corrected chi connectivity index (χ2v) is 4.64. The van der Waals surface area contributed by atoms with Crippen LogP contribution in [0.4, 0.5) is 0 Å². The summed E-state index contributed by atoms with van der Waals surface area (Å²) in [5.41, 5.74) is 2.58. The molecule has 0 bridgehead atoms. The van der Waals surface area contributed by atoms with Crippen molar-refractivity contribution < 1.29 is 0 Å². The lowest BCUT2D eigenvalue weighted by molar-refractivity contribution is 0.590. The molecular weight excluding hydrogens is 168 g/mol. The van der Waals surface area contributed by atoms with Crippen molar-refractivity contribution in [3.63, 3.8) is 0 Å². The highest BCUT2D eigenvalue weighted by Crippen LogP contribution is 2.29. The third-order valence-corrected chi connectivity index (χ3v) is 2.25. The number of aryl methyl sites for hydroxylation is 1. The molecule has 0 heterocycles. The van der Waals surface area contributed by atoms with E-state index in [1.165, 1.54) is 11.1 Å². The van der Waals surface area contributed by atoms with E-state index >= 15 is 0 Å². The Balaban J connectivity index is 3.19. The van der Waals surface area contributed by atoms with Crippen LogP contribution in [-0.4, -0.2) is 0 Å². The number of hydrogen-bond acceptors (Lipinski definition) is 0. The van der Waals surface area contributed by atoms with Crippen molar-refractivity contribution in [1.82, 2.24) is 0 Å². The molecule has 1 heteroatoms. The molecule has 0 aliphatic rings. The molecule has 0 aliphatic heterocycles. The van der Waals surface area contributed by atoms with Gasteiger partial charge in [-0.05, 0) is 29.5 Å². The third-order valence-electron chi connectivity index (χ3n) is 1.93. The highest BCUT2D eigenvalue weighted by molar-refractivity contribution is 6.31. The molecule has 0 unspecified atom stereocenters. The number of halogens is 1. The molecule has 0 atom stereocenters. The molecule has 0 saturated heterocycles. The standard InChI is InChI=1S/C11H15Cl/c1-8-5-6-9(10(12)7-8)11(2,3)4/h5-7H,1-4H3. The van der Waals surface area contributed by atoms with E-state index in [9.17, 15) is 0 Å². The summed E-state index contributed by atoms with van der Waals surface area (Å²) in [5.74, 6) is 0. The van der Waals surface area contributed by atoms with Crippen LogP contribution in [0.5, 0.6) is 0 Å². The van der Waals surface area contributed by atoms with Gasteiger partial charge in [-0.2, -0.15) is 0 Å². The minimum Gasteiger partial charge on any atom is -0.0840 e. The Morgan fingerprint density at radius 3 is 2.17 bits per heavy atom. The van der Waals surface area contributed by atoms with Crippen molar-refractivity contribution in [2.45, 2.75) is 33.1 Å². The molecule has 0 saturated carbocycles. The van der Waals surface area contributed by atoms with Crippen LogP contribution in [0.25, 0.3) is 0 Å². The third kappa shape index (κ3) is 2.01. The summed E-state index contributed by atoms with van der Waals surface area (Å²) >= 11 is 6.11. The van der Waals surface area contributed by atoms with Gasteiger partial charge in [0.2, 0.25) is 0 Å². The van der Waals surface area contributed by atoms with Gasteiger partial charge >= 0.3 is 0 Å². The first-order valence-corrected chi connectivity index (χ1v) is 4.55. The van der Waals surface area contributed by atoms with Crippen molar-refractivity contribution in [2.75, 3.05) is 0 Å². The first kappa shape index (κ1) is 9.60. The Hall–Kier alpha value is -0.490. The van der Waals surface area contributed by atoms with E-state index < -0.39 is 0 Å². The summed E-state index contributed by atoms with van der Waals surface area (Å²) < 4.78 is 0. The normalized spacial score (nSPS) is 11.8. The van der Waals surface area contributed by atoms with Gasteiger partial charge in [0, 0.05) is 5.02 Å². The molecule has 1 rings (SSSR count). The van der Waals surface area contributed by atoms with Gasteiger partial charge in [0.05, 0.1) is 0 Å². The largest absolute Gasteiger partial charge is 0.0840 e. The Morgan fingerprint density at radius 2 is 1.75 bits per heavy atom. The topological polar surface area (TPSA) is 0 Å². The van der Waals surface area contributed by atoms with Crippen LogP contribution < -0.4 is 0 Å². The predicted octanol–water partition coefficient (Wildman–Crippen LogP) is 3.95. The summed E-state index contributed by atoms with van der Waals surface area (Å²) in [6, 6.07) is 6.23. The molecule has 0 aromatic heterocycles. The second-order valence-electron chi connectivity index (χ2n) is 4.23. The van der Waals surface area contributed by atoms with E-state index in [1.807, 2.05) is 6.07 Å².